The van der Waals surface area contributed by atoms with Gasteiger partial charge in [0.2, 0.25) is 5.95 Å². The van der Waals surface area contributed by atoms with E-state index in [1.165, 1.54) is 6.07 Å². The van der Waals surface area contributed by atoms with Gasteiger partial charge in [0.25, 0.3) is 5.56 Å². The van der Waals surface area contributed by atoms with Gasteiger partial charge < -0.3 is 0 Å². The Morgan fingerprint density at radius 2 is 2.00 bits per heavy atom. The molecule has 0 saturated carbocycles. The Morgan fingerprint density at radius 1 is 1.14 bits per heavy atom. The minimum absolute atomic E-state index is 0.243. The van der Waals surface area contributed by atoms with Gasteiger partial charge >= 0.3 is 0 Å². The molecule has 0 spiro atoms. The standard InChI is InChI=1S/C16H13N5O/c22-15-9-14(13-6-2-1-3-7-13)19-16(20-15)21-18-11-12-5-4-8-17-10-12/h1-11H,(H2,19,20,21,22)/b18-11+. The molecule has 0 atom stereocenters. The van der Waals surface area contributed by atoms with Crippen LogP contribution in [0.25, 0.3) is 11.3 Å². The highest BCUT2D eigenvalue weighted by molar-refractivity contribution is 5.79. The van der Waals surface area contributed by atoms with Crippen LogP contribution in [0.4, 0.5) is 5.95 Å². The molecule has 3 rings (SSSR count). The van der Waals surface area contributed by atoms with Gasteiger partial charge in [-0.2, -0.15) is 5.10 Å². The highest BCUT2D eigenvalue weighted by Crippen LogP contribution is 2.15. The summed E-state index contributed by atoms with van der Waals surface area (Å²) in [5, 5.41) is 4.04. The van der Waals surface area contributed by atoms with Crippen LogP contribution in [0.1, 0.15) is 5.56 Å². The largest absolute Gasteiger partial charge is 0.291 e. The predicted molar refractivity (Wildman–Crippen MR) is 85.7 cm³/mol. The third-order valence-electron chi connectivity index (χ3n) is 2.88. The number of aromatic amines is 1. The Balaban J connectivity index is 1.81. The van der Waals surface area contributed by atoms with Crippen molar-refractivity contribution in [3.05, 3.63) is 76.8 Å². The lowest BCUT2D eigenvalue weighted by atomic mass is 10.1. The highest BCUT2D eigenvalue weighted by Gasteiger charge is 2.02. The average molecular weight is 291 g/mol. The number of anilines is 1. The maximum Gasteiger partial charge on any atom is 0.252 e. The van der Waals surface area contributed by atoms with E-state index in [1.54, 1.807) is 18.6 Å². The Morgan fingerprint density at radius 3 is 2.77 bits per heavy atom. The van der Waals surface area contributed by atoms with Gasteiger partial charge in [0.1, 0.15) is 0 Å². The van der Waals surface area contributed by atoms with Gasteiger partial charge in [-0.05, 0) is 6.07 Å². The molecule has 6 heteroatoms. The number of nitrogens with zero attached hydrogens (tertiary/aromatic N) is 3. The number of pyridine rings is 1. The van der Waals surface area contributed by atoms with Crippen molar-refractivity contribution in [1.82, 2.24) is 15.0 Å². The summed E-state index contributed by atoms with van der Waals surface area (Å²) in [5.41, 5.74) is 4.78. The summed E-state index contributed by atoms with van der Waals surface area (Å²) in [7, 11) is 0. The minimum Gasteiger partial charge on any atom is -0.291 e. The van der Waals surface area contributed by atoms with Crippen molar-refractivity contribution >= 4 is 12.2 Å². The molecule has 0 bridgehead atoms. The van der Waals surface area contributed by atoms with E-state index in [0.717, 1.165) is 11.1 Å². The van der Waals surface area contributed by atoms with Crippen LogP contribution in [0.2, 0.25) is 0 Å². The minimum atomic E-state index is -0.243. The predicted octanol–water partition coefficient (Wildman–Crippen LogP) is 2.28. The van der Waals surface area contributed by atoms with Crippen LogP contribution in [-0.2, 0) is 0 Å². The molecule has 0 radical (unpaired) electrons. The molecular weight excluding hydrogens is 278 g/mol. The van der Waals surface area contributed by atoms with Crippen LogP contribution >= 0.6 is 0 Å². The lowest BCUT2D eigenvalue weighted by molar-refractivity contribution is 1.09. The van der Waals surface area contributed by atoms with E-state index in [9.17, 15) is 4.79 Å². The lowest BCUT2D eigenvalue weighted by Crippen LogP contribution is -2.10. The first-order valence-electron chi connectivity index (χ1n) is 6.67. The number of hydrazone groups is 1. The van der Waals surface area contributed by atoms with E-state index in [2.05, 4.69) is 25.5 Å². The smallest absolute Gasteiger partial charge is 0.252 e. The fourth-order valence-corrected chi connectivity index (χ4v) is 1.89. The topological polar surface area (TPSA) is 83.0 Å². The lowest BCUT2D eigenvalue weighted by Gasteiger charge is -2.03. The van der Waals surface area contributed by atoms with Gasteiger partial charge in [0, 0.05) is 29.6 Å². The molecule has 0 saturated heterocycles. The summed E-state index contributed by atoms with van der Waals surface area (Å²) in [6.45, 7) is 0. The molecule has 0 amide bonds. The summed E-state index contributed by atoms with van der Waals surface area (Å²) >= 11 is 0. The zero-order chi connectivity index (χ0) is 15.2. The normalized spacial score (nSPS) is 10.7. The summed E-state index contributed by atoms with van der Waals surface area (Å²) in [5.74, 6) is 0.284. The fraction of sp³-hybridized carbons (Fsp3) is 0. The van der Waals surface area contributed by atoms with Gasteiger partial charge in [-0.3, -0.25) is 14.8 Å². The van der Waals surface area contributed by atoms with Gasteiger partial charge in [-0.1, -0.05) is 36.4 Å². The number of nitrogens with one attached hydrogen (secondary N) is 2. The Kier molecular flexibility index (Phi) is 4.01. The number of H-pyrrole nitrogens is 1. The first kappa shape index (κ1) is 13.7. The van der Waals surface area contributed by atoms with Crippen LogP contribution in [0, 0.1) is 0 Å². The van der Waals surface area contributed by atoms with Crippen molar-refractivity contribution in [1.29, 1.82) is 0 Å². The third kappa shape index (κ3) is 3.43. The summed E-state index contributed by atoms with van der Waals surface area (Å²) in [6, 6.07) is 14.6. The van der Waals surface area contributed by atoms with E-state index >= 15 is 0 Å². The monoisotopic (exact) mass is 291 g/mol. The van der Waals surface area contributed by atoms with E-state index < -0.39 is 0 Å². The van der Waals surface area contributed by atoms with Gasteiger partial charge in [-0.25, -0.2) is 10.4 Å². The molecule has 3 aromatic rings. The van der Waals surface area contributed by atoms with Crippen LogP contribution < -0.4 is 11.0 Å². The Hall–Kier alpha value is -3.28. The second-order valence-corrected chi connectivity index (χ2v) is 4.50. The molecule has 0 aliphatic rings. The Bertz CT molecular complexity index is 828. The van der Waals surface area contributed by atoms with Crippen molar-refractivity contribution in [2.24, 2.45) is 5.10 Å². The first-order valence-corrected chi connectivity index (χ1v) is 6.67. The average Bonchev–Trinajstić information content (AvgIpc) is 2.56. The summed E-state index contributed by atoms with van der Waals surface area (Å²) < 4.78 is 0. The molecule has 2 N–H and O–H groups in total. The number of hydrogen-bond acceptors (Lipinski definition) is 5. The van der Waals surface area contributed by atoms with Crippen LogP contribution in [0.3, 0.4) is 0 Å². The summed E-state index contributed by atoms with van der Waals surface area (Å²) in [6.07, 6.45) is 4.97. The molecule has 0 aliphatic heterocycles. The summed E-state index contributed by atoms with van der Waals surface area (Å²) in [4.78, 5) is 22.6. The van der Waals surface area contributed by atoms with E-state index in [0.29, 0.717) is 5.69 Å². The van der Waals surface area contributed by atoms with Crippen LogP contribution in [0.5, 0.6) is 0 Å². The molecule has 0 aliphatic carbocycles. The zero-order valence-corrected chi connectivity index (χ0v) is 11.6. The quantitative estimate of drug-likeness (QED) is 0.570. The van der Waals surface area contributed by atoms with E-state index in [4.69, 9.17) is 0 Å². The Labute approximate surface area is 126 Å². The number of benzene rings is 1. The van der Waals surface area contributed by atoms with Gasteiger partial charge in [0.15, 0.2) is 0 Å². The second kappa shape index (κ2) is 6.45. The molecule has 2 aromatic heterocycles. The van der Waals surface area contributed by atoms with Gasteiger partial charge in [0.05, 0.1) is 11.9 Å². The maximum atomic E-state index is 11.7. The fourth-order valence-electron chi connectivity index (χ4n) is 1.89. The van der Waals surface area contributed by atoms with Crippen molar-refractivity contribution in [2.45, 2.75) is 0 Å². The molecule has 108 valence electrons. The SMILES string of the molecule is O=c1cc(-c2ccccc2)nc(N/N=C/c2cccnc2)[nH]1. The maximum absolute atomic E-state index is 11.7. The van der Waals surface area contributed by atoms with Gasteiger partial charge in [-0.15, -0.1) is 0 Å². The number of rotatable bonds is 4. The molecule has 0 fully saturated rings. The van der Waals surface area contributed by atoms with E-state index in [-0.39, 0.29) is 11.5 Å². The zero-order valence-electron chi connectivity index (χ0n) is 11.6. The molecule has 1 aromatic carbocycles. The third-order valence-corrected chi connectivity index (χ3v) is 2.88. The van der Waals surface area contributed by atoms with Crippen molar-refractivity contribution in [3.63, 3.8) is 0 Å². The van der Waals surface area contributed by atoms with Crippen LogP contribution in [-0.4, -0.2) is 21.2 Å². The molecular formula is C16H13N5O. The second-order valence-electron chi connectivity index (χ2n) is 4.50. The van der Waals surface area contributed by atoms with E-state index in [1.807, 2.05) is 42.5 Å². The van der Waals surface area contributed by atoms with Crippen molar-refractivity contribution < 1.29 is 0 Å². The number of hydrogen-bond donors (Lipinski definition) is 2. The number of aromatic nitrogens is 3. The van der Waals surface area contributed by atoms with Crippen molar-refractivity contribution in [3.8, 4) is 11.3 Å². The molecule has 2 heterocycles. The molecule has 0 unspecified atom stereocenters. The van der Waals surface area contributed by atoms with Crippen molar-refractivity contribution in [2.75, 3.05) is 5.43 Å². The molecule has 6 nitrogen and oxygen atoms in total. The van der Waals surface area contributed by atoms with Crippen LogP contribution in [0.15, 0.2) is 70.8 Å². The first-order chi connectivity index (χ1) is 10.8. The molecule has 22 heavy (non-hydrogen) atoms. The highest BCUT2D eigenvalue weighted by atomic mass is 16.1.